The number of amides is 1. The summed E-state index contributed by atoms with van der Waals surface area (Å²) in [6, 6.07) is 13.9. The first kappa shape index (κ1) is 21.2. The highest BCUT2D eigenvalue weighted by molar-refractivity contribution is 7.90. The predicted octanol–water partition coefficient (Wildman–Crippen LogP) is 3.87. The molecule has 0 aliphatic rings. The molecule has 1 amide bonds. The van der Waals surface area contributed by atoms with E-state index in [9.17, 15) is 23.3 Å². The van der Waals surface area contributed by atoms with Crippen molar-refractivity contribution < 1.29 is 18.1 Å². The fourth-order valence-electron chi connectivity index (χ4n) is 3.25. The van der Waals surface area contributed by atoms with E-state index >= 15 is 0 Å². The molecule has 0 radical (unpaired) electrons. The van der Waals surface area contributed by atoms with Crippen LogP contribution in [0.5, 0.6) is 0 Å². The molecule has 9 nitrogen and oxygen atoms in total. The summed E-state index contributed by atoms with van der Waals surface area (Å²) in [6.45, 7) is 1.98. The summed E-state index contributed by atoms with van der Waals surface area (Å²) >= 11 is 0. The Morgan fingerprint density at radius 1 is 1.12 bits per heavy atom. The first-order valence-electron chi connectivity index (χ1n) is 9.47. The molecule has 162 valence electrons. The maximum absolute atomic E-state index is 12.6. The topological polar surface area (TPSA) is 124 Å². The monoisotopic (exact) mass is 450 g/mol. The Balaban J connectivity index is 1.59. The van der Waals surface area contributed by atoms with Crippen molar-refractivity contribution >= 4 is 32.8 Å². The lowest BCUT2D eigenvalue weighted by molar-refractivity contribution is -0.385. The molecule has 2 heterocycles. The van der Waals surface area contributed by atoms with Gasteiger partial charge < -0.3 is 9.72 Å². The van der Waals surface area contributed by atoms with E-state index < -0.39 is 26.4 Å². The van der Waals surface area contributed by atoms with Crippen molar-refractivity contribution in [3.63, 3.8) is 0 Å². The largest absolute Gasteiger partial charge is 0.322 e. The van der Waals surface area contributed by atoms with Gasteiger partial charge in [-0.05, 0) is 36.8 Å². The zero-order valence-electron chi connectivity index (χ0n) is 17.1. The number of nitrogens with zero attached hydrogens (tertiary/aromatic N) is 3. The van der Waals surface area contributed by atoms with E-state index in [1.165, 1.54) is 0 Å². The summed E-state index contributed by atoms with van der Waals surface area (Å²) in [5.41, 5.74) is 3.37. The summed E-state index contributed by atoms with van der Waals surface area (Å²) in [5, 5.41) is 13.8. The minimum atomic E-state index is -3.73. The minimum Gasteiger partial charge on any atom is -0.322 e. The standard InChI is InChI=1S/C22H18N4O5S/c1-14-4-3-9-25-13-20(24-21(14)25)15-5-7-17(8-6-15)23-22(27)16-10-18(26(28)29)12-19(11-16)32(2,30)31/h3-13H,1-2H3,(H,23,27). The first-order chi connectivity index (χ1) is 15.1. The number of nitro groups is 1. The summed E-state index contributed by atoms with van der Waals surface area (Å²) in [7, 11) is -3.73. The van der Waals surface area contributed by atoms with E-state index in [0.29, 0.717) is 5.69 Å². The van der Waals surface area contributed by atoms with Crippen LogP contribution in [0.1, 0.15) is 15.9 Å². The van der Waals surface area contributed by atoms with E-state index in [1.54, 1.807) is 24.3 Å². The Morgan fingerprint density at radius 2 is 1.84 bits per heavy atom. The Morgan fingerprint density at radius 3 is 2.47 bits per heavy atom. The fraction of sp³-hybridized carbons (Fsp3) is 0.0909. The zero-order chi connectivity index (χ0) is 23.0. The lowest BCUT2D eigenvalue weighted by atomic mass is 10.1. The van der Waals surface area contributed by atoms with Gasteiger partial charge in [0.1, 0.15) is 5.65 Å². The molecular formula is C22H18N4O5S. The van der Waals surface area contributed by atoms with Gasteiger partial charge in [0.25, 0.3) is 11.6 Å². The molecule has 0 unspecified atom stereocenters. The molecule has 0 fully saturated rings. The van der Waals surface area contributed by atoms with E-state index in [2.05, 4.69) is 10.3 Å². The smallest absolute Gasteiger partial charge is 0.271 e. The van der Waals surface area contributed by atoms with Crippen molar-refractivity contribution in [2.75, 3.05) is 11.6 Å². The second-order valence-corrected chi connectivity index (χ2v) is 9.34. The van der Waals surface area contributed by atoms with Crippen molar-refractivity contribution in [2.24, 2.45) is 0 Å². The van der Waals surface area contributed by atoms with Gasteiger partial charge in [0.05, 0.1) is 15.5 Å². The number of hydrogen-bond donors (Lipinski definition) is 1. The van der Waals surface area contributed by atoms with Gasteiger partial charge >= 0.3 is 0 Å². The number of non-ortho nitro benzene ring substituents is 1. The van der Waals surface area contributed by atoms with Gasteiger partial charge in [-0.1, -0.05) is 18.2 Å². The molecule has 0 saturated carbocycles. The summed E-state index contributed by atoms with van der Waals surface area (Å²) < 4.78 is 25.6. The molecule has 0 spiro atoms. The predicted molar refractivity (Wildman–Crippen MR) is 120 cm³/mol. The Labute approximate surface area is 183 Å². The molecule has 0 aliphatic carbocycles. The molecule has 4 rings (SSSR count). The van der Waals surface area contributed by atoms with E-state index in [4.69, 9.17) is 0 Å². The van der Waals surface area contributed by atoms with Gasteiger partial charge in [0.15, 0.2) is 9.84 Å². The number of aryl methyl sites for hydroxylation is 1. The number of anilines is 1. The number of pyridine rings is 1. The maximum Gasteiger partial charge on any atom is 0.271 e. The van der Waals surface area contributed by atoms with Crippen molar-refractivity contribution in [1.82, 2.24) is 9.38 Å². The van der Waals surface area contributed by atoms with E-state index in [1.807, 2.05) is 35.9 Å². The van der Waals surface area contributed by atoms with Crippen LogP contribution in [0.25, 0.3) is 16.9 Å². The second-order valence-electron chi connectivity index (χ2n) is 7.32. The number of sulfone groups is 1. The van der Waals surface area contributed by atoms with Gasteiger partial charge in [0, 0.05) is 47.6 Å². The molecule has 1 N–H and O–H groups in total. The van der Waals surface area contributed by atoms with E-state index in [-0.39, 0.29) is 10.5 Å². The zero-order valence-corrected chi connectivity index (χ0v) is 18.0. The van der Waals surface area contributed by atoms with Crippen molar-refractivity contribution in [1.29, 1.82) is 0 Å². The summed E-state index contributed by atoms with van der Waals surface area (Å²) in [4.78, 5) is 27.4. The lowest BCUT2D eigenvalue weighted by Crippen LogP contribution is -2.13. The third-order valence-corrected chi connectivity index (χ3v) is 6.00. The third kappa shape index (κ3) is 4.21. The Kier molecular flexibility index (Phi) is 5.23. The molecule has 2 aromatic carbocycles. The second kappa shape index (κ2) is 7.89. The summed E-state index contributed by atoms with van der Waals surface area (Å²) in [6.07, 6.45) is 4.75. The number of carbonyl (C=O) groups is 1. The molecule has 2 aromatic heterocycles. The third-order valence-electron chi connectivity index (χ3n) is 4.91. The molecule has 0 bridgehead atoms. The van der Waals surface area contributed by atoms with Crippen molar-refractivity contribution in [2.45, 2.75) is 11.8 Å². The highest BCUT2D eigenvalue weighted by Crippen LogP contribution is 2.24. The Hall–Kier alpha value is -4.05. The Bertz CT molecular complexity index is 1470. The van der Waals surface area contributed by atoms with Crippen LogP contribution < -0.4 is 5.32 Å². The number of imidazole rings is 1. The van der Waals surface area contributed by atoms with Gasteiger partial charge in [-0.3, -0.25) is 14.9 Å². The van der Waals surface area contributed by atoms with Crippen LogP contribution in [0.3, 0.4) is 0 Å². The van der Waals surface area contributed by atoms with Gasteiger partial charge in [-0.15, -0.1) is 0 Å². The maximum atomic E-state index is 12.6. The molecule has 32 heavy (non-hydrogen) atoms. The quantitative estimate of drug-likeness (QED) is 0.364. The van der Waals surface area contributed by atoms with Crippen LogP contribution in [0.4, 0.5) is 11.4 Å². The number of fused-ring (bicyclic) bond motifs is 1. The van der Waals surface area contributed by atoms with Gasteiger partial charge in [0.2, 0.25) is 0 Å². The minimum absolute atomic E-state index is 0.125. The average Bonchev–Trinajstić information content (AvgIpc) is 3.19. The lowest BCUT2D eigenvalue weighted by Gasteiger charge is -2.08. The molecule has 10 heteroatoms. The number of aromatic nitrogens is 2. The number of nitro benzene ring substituents is 1. The number of rotatable bonds is 5. The van der Waals surface area contributed by atoms with Crippen LogP contribution in [-0.4, -0.2) is 34.9 Å². The molecule has 0 atom stereocenters. The van der Waals surface area contributed by atoms with E-state index in [0.717, 1.165) is 46.9 Å². The fourth-order valence-corrected chi connectivity index (χ4v) is 3.93. The first-order valence-corrected chi connectivity index (χ1v) is 11.4. The summed E-state index contributed by atoms with van der Waals surface area (Å²) in [5.74, 6) is -0.658. The van der Waals surface area contributed by atoms with Crippen molar-refractivity contribution in [3.8, 4) is 11.3 Å². The van der Waals surface area contributed by atoms with Crippen LogP contribution >= 0.6 is 0 Å². The van der Waals surface area contributed by atoms with Gasteiger partial charge in [-0.25, -0.2) is 13.4 Å². The average molecular weight is 450 g/mol. The SMILES string of the molecule is Cc1cccn2cc(-c3ccc(NC(=O)c4cc([N+](=O)[O-])cc(S(C)(=O)=O)c4)cc3)nc12. The van der Waals surface area contributed by atoms with Crippen LogP contribution in [0.2, 0.25) is 0 Å². The van der Waals surface area contributed by atoms with Crippen molar-refractivity contribution in [3.05, 3.63) is 88.2 Å². The highest BCUT2D eigenvalue weighted by Gasteiger charge is 2.19. The number of benzene rings is 2. The molecule has 4 aromatic rings. The normalized spacial score (nSPS) is 11.4. The number of hydrogen-bond acceptors (Lipinski definition) is 6. The highest BCUT2D eigenvalue weighted by atomic mass is 32.2. The number of nitrogens with one attached hydrogen (secondary N) is 1. The molecule has 0 saturated heterocycles. The van der Waals surface area contributed by atoms with Crippen LogP contribution in [0.15, 0.2) is 71.9 Å². The van der Waals surface area contributed by atoms with Gasteiger partial charge in [-0.2, -0.15) is 0 Å². The number of carbonyl (C=O) groups excluding carboxylic acids is 1. The molecular weight excluding hydrogens is 432 g/mol. The molecule has 0 aliphatic heterocycles. The van der Waals surface area contributed by atoms with Crippen LogP contribution in [-0.2, 0) is 9.84 Å². The van der Waals surface area contributed by atoms with Crippen LogP contribution in [0, 0.1) is 17.0 Å².